The Kier molecular flexibility index (Phi) is 7.99. The van der Waals surface area contributed by atoms with Crippen LogP contribution in [0.25, 0.3) is 11.1 Å². The van der Waals surface area contributed by atoms with Gasteiger partial charge in [0, 0.05) is 18.8 Å². The summed E-state index contributed by atoms with van der Waals surface area (Å²) in [6.45, 7) is 6.03. The van der Waals surface area contributed by atoms with Gasteiger partial charge < -0.3 is 9.64 Å². The first-order valence-corrected chi connectivity index (χ1v) is 10.5. The Balaban J connectivity index is 1.46. The number of carbonyl (C=O) groups excluding carboxylic acids is 1. The molecule has 0 atom stereocenters. The van der Waals surface area contributed by atoms with Crippen LogP contribution in [0, 0.1) is 11.3 Å². The van der Waals surface area contributed by atoms with E-state index in [0.717, 1.165) is 35.5 Å². The largest absolute Gasteiger partial charge is 0.484 e. The van der Waals surface area contributed by atoms with Crippen LogP contribution in [0.3, 0.4) is 0 Å². The van der Waals surface area contributed by atoms with Gasteiger partial charge in [-0.05, 0) is 66.9 Å². The molecule has 3 aromatic rings. The summed E-state index contributed by atoms with van der Waals surface area (Å²) >= 11 is 0. The smallest absolute Gasteiger partial charge is 0.277 e. The maximum Gasteiger partial charge on any atom is 0.277 e. The number of amides is 1. The lowest BCUT2D eigenvalue weighted by Gasteiger charge is -2.20. The Morgan fingerprint density at radius 1 is 0.969 bits per heavy atom. The number of ether oxygens (including phenoxy) is 1. The number of anilines is 1. The molecule has 162 valence electrons. The van der Waals surface area contributed by atoms with Gasteiger partial charge in [-0.2, -0.15) is 10.4 Å². The highest BCUT2D eigenvalue weighted by Gasteiger charge is 2.04. The first-order chi connectivity index (χ1) is 15.6. The van der Waals surface area contributed by atoms with Crippen LogP contribution in [0.15, 0.2) is 77.9 Å². The predicted molar refractivity (Wildman–Crippen MR) is 128 cm³/mol. The van der Waals surface area contributed by atoms with Gasteiger partial charge in [-0.1, -0.05) is 36.4 Å². The minimum absolute atomic E-state index is 0.131. The number of nitrogens with zero attached hydrogens (tertiary/aromatic N) is 3. The van der Waals surface area contributed by atoms with Gasteiger partial charge >= 0.3 is 0 Å². The normalized spacial score (nSPS) is 10.5. The highest BCUT2D eigenvalue weighted by atomic mass is 16.5. The van der Waals surface area contributed by atoms with E-state index >= 15 is 0 Å². The molecule has 6 nitrogen and oxygen atoms in total. The summed E-state index contributed by atoms with van der Waals surface area (Å²) in [6, 6.07) is 24.9. The van der Waals surface area contributed by atoms with E-state index in [9.17, 15) is 4.79 Å². The molecule has 0 aromatic heterocycles. The molecule has 0 radical (unpaired) electrons. The summed E-state index contributed by atoms with van der Waals surface area (Å²) in [5.74, 6) is 0.255. The lowest BCUT2D eigenvalue weighted by molar-refractivity contribution is -0.123. The SMILES string of the molecule is CCN(CC)c1ccc(C=NNC(=O)COc2ccc(-c3ccc(C#N)cc3)cc2)cc1. The van der Waals surface area contributed by atoms with Crippen LogP contribution in [0.2, 0.25) is 0 Å². The maximum atomic E-state index is 12.0. The van der Waals surface area contributed by atoms with Gasteiger partial charge in [0.15, 0.2) is 6.61 Å². The van der Waals surface area contributed by atoms with Crippen molar-refractivity contribution in [2.75, 3.05) is 24.6 Å². The molecule has 0 aliphatic heterocycles. The molecular weight excluding hydrogens is 400 g/mol. The fraction of sp³-hybridized carbons (Fsp3) is 0.192. The quantitative estimate of drug-likeness (QED) is 0.401. The second-order valence-electron chi connectivity index (χ2n) is 7.06. The van der Waals surface area contributed by atoms with Gasteiger partial charge in [-0.15, -0.1) is 0 Å². The van der Waals surface area contributed by atoms with Crippen molar-refractivity contribution in [2.24, 2.45) is 5.10 Å². The van der Waals surface area contributed by atoms with Crippen LogP contribution >= 0.6 is 0 Å². The number of benzene rings is 3. The highest BCUT2D eigenvalue weighted by molar-refractivity contribution is 5.83. The first kappa shape index (κ1) is 22.6. The van der Waals surface area contributed by atoms with Crippen molar-refractivity contribution in [2.45, 2.75) is 13.8 Å². The van der Waals surface area contributed by atoms with E-state index in [1.54, 1.807) is 18.3 Å². The molecule has 3 rings (SSSR count). The van der Waals surface area contributed by atoms with E-state index in [4.69, 9.17) is 10.00 Å². The van der Waals surface area contributed by atoms with Gasteiger partial charge in [0.2, 0.25) is 0 Å². The molecule has 32 heavy (non-hydrogen) atoms. The van der Waals surface area contributed by atoms with Crippen molar-refractivity contribution in [1.29, 1.82) is 5.26 Å². The fourth-order valence-corrected chi connectivity index (χ4v) is 3.20. The van der Waals surface area contributed by atoms with Crippen molar-refractivity contribution in [1.82, 2.24) is 5.43 Å². The van der Waals surface area contributed by atoms with E-state index in [1.165, 1.54) is 0 Å². The molecule has 1 amide bonds. The summed E-state index contributed by atoms with van der Waals surface area (Å²) in [5, 5.41) is 12.9. The predicted octanol–water partition coefficient (Wildman–Crippen LogP) is 4.60. The Hall–Kier alpha value is -4.11. The number of carbonyl (C=O) groups is 1. The number of nitrogens with one attached hydrogen (secondary N) is 1. The molecule has 0 fully saturated rings. The average molecular weight is 427 g/mol. The van der Waals surface area contributed by atoms with Crippen LogP contribution in [0.4, 0.5) is 5.69 Å². The number of nitriles is 1. The Morgan fingerprint density at radius 2 is 1.56 bits per heavy atom. The topological polar surface area (TPSA) is 77.7 Å². The summed E-state index contributed by atoms with van der Waals surface area (Å²) in [6.07, 6.45) is 1.61. The minimum Gasteiger partial charge on any atom is -0.484 e. The molecule has 3 aromatic carbocycles. The summed E-state index contributed by atoms with van der Waals surface area (Å²) in [7, 11) is 0. The number of hydrogen-bond donors (Lipinski definition) is 1. The van der Waals surface area contributed by atoms with E-state index in [1.807, 2.05) is 60.7 Å². The molecule has 0 bridgehead atoms. The Morgan fingerprint density at radius 3 is 2.12 bits per heavy atom. The summed E-state index contributed by atoms with van der Waals surface area (Å²) < 4.78 is 5.53. The van der Waals surface area contributed by atoms with Gasteiger partial charge in [0.25, 0.3) is 5.91 Å². The third-order valence-electron chi connectivity index (χ3n) is 5.00. The van der Waals surface area contributed by atoms with Crippen molar-refractivity contribution >= 4 is 17.8 Å². The number of rotatable bonds is 9. The molecule has 0 saturated carbocycles. The highest BCUT2D eigenvalue weighted by Crippen LogP contribution is 2.22. The zero-order chi connectivity index (χ0) is 22.8. The molecule has 0 saturated heterocycles. The molecular formula is C26H26N4O2. The van der Waals surface area contributed by atoms with Gasteiger partial charge in [-0.3, -0.25) is 4.79 Å². The molecule has 0 unspecified atom stereocenters. The van der Waals surface area contributed by atoms with Gasteiger partial charge in [-0.25, -0.2) is 5.43 Å². The van der Waals surface area contributed by atoms with Crippen molar-refractivity contribution in [3.63, 3.8) is 0 Å². The maximum absolute atomic E-state index is 12.0. The zero-order valence-corrected chi connectivity index (χ0v) is 18.3. The van der Waals surface area contributed by atoms with Crippen molar-refractivity contribution in [3.8, 4) is 22.9 Å². The van der Waals surface area contributed by atoms with Crippen LogP contribution in [0.5, 0.6) is 5.75 Å². The Labute approximate surface area is 188 Å². The van der Waals surface area contributed by atoms with Crippen LogP contribution in [-0.4, -0.2) is 31.8 Å². The lowest BCUT2D eigenvalue weighted by Crippen LogP contribution is -2.24. The summed E-state index contributed by atoms with van der Waals surface area (Å²) in [5.41, 5.74) is 7.18. The molecule has 0 aliphatic rings. The third kappa shape index (κ3) is 6.19. The monoisotopic (exact) mass is 426 g/mol. The van der Waals surface area contributed by atoms with E-state index in [0.29, 0.717) is 11.3 Å². The first-order valence-electron chi connectivity index (χ1n) is 10.5. The summed E-state index contributed by atoms with van der Waals surface area (Å²) in [4.78, 5) is 14.3. The lowest BCUT2D eigenvalue weighted by atomic mass is 10.0. The molecule has 1 N–H and O–H groups in total. The number of hydrazone groups is 1. The molecule has 0 heterocycles. The van der Waals surface area contributed by atoms with E-state index in [-0.39, 0.29) is 12.5 Å². The third-order valence-corrected chi connectivity index (χ3v) is 5.00. The van der Waals surface area contributed by atoms with Gasteiger partial charge in [0.05, 0.1) is 17.8 Å². The van der Waals surface area contributed by atoms with Crippen LogP contribution in [0.1, 0.15) is 25.0 Å². The van der Waals surface area contributed by atoms with E-state index < -0.39 is 0 Å². The molecule has 0 aliphatic carbocycles. The second kappa shape index (κ2) is 11.3. The average Bonchev–Trinajstić information content (AvgIpc) is 2.85. The minimum atomic E-state index is -0.336. The zero-order valence-electron chi connectivity index (χ0n) is 18.3. The van der Waals surface area contributed by atoms with Crippen LogP contribution in [-0.2, 0) is 4.79 Å². The standard InChI is InChI=1S/C26H26N4O2/c1-3-30(4-2)24-13-7-21(8-14-24)18-28-29-26(31)19-32-25-15-11-23(12-16-25)22-9-5-20(17-27)6-10-22/h5-16,18H,3-4,19H2,1-2H3,(H,29,31). The molecule has 0 spiro atoms. The Bertz CT molecular complexity index is 1080. The van der Waals surface area contributed by atoms with E-state index in [2.05, 4.69) is 35.3 Å². The van der Waals surface area contributed by atoms with Crippen molar-refractivity contribution in [3.05, 3.63) is 83.9 Å². The van der Waals surface area contributed by atoms with Gasteiger partial charge in [0.1, 0.15) is 5.75 Å². The van der Waals surface area contributed by atoms with Crippen LogP contribution < -0.4 is 15.1 Å². The second-order valence-corrected chi connectivity index (χ2v) is 7.06. The van der Waals surface area contributed by atoms with Crippen molar-refractivity contribution < 1.29 is 9.53 Å². The fourth-order valence-electron chi connectivity index (χ4n) is 3.20. The number of hydrogen-bond acceptors (Lipinski definition) is 5. The molecule has 6 heteroatoms.